The highest BCUT2D eigenvalue weighted by Gasteiger charge is 2.32. The molecule has 9 nitrogen and oxygen atoms in total. The Morgan fingerprint density at radius 2 is 1.79 bits per heavy atom. The van der Waals surface area contributed by atoms with E-state index in [0.29, 0.717) is 30.4 Å². The van der Waals surface area contributed by atoms with E-state index in [-0.39, 0.29) is 11.6 Å². The minimum absolute atomic E-state index is 0.0167. The van der Waals surface area contributed by atoms with Crippen LogP contribution >= 0.6 is 0 Å². The molecule has 4 aliphatic rings. The topological polar surface area (TPSA) is 95.8 Å². The van der Waals surface area contributed by atoms with E-state index in [9.17, 15) is 9.90 Å². The van der Waals surface area contributed by atoms with Crippen molar-refractivity contribution in [1.82, 2.24) is 24.3 Å². The number of benzene rings is 1. The second-order valence-electron chi connectivity index (χ2n) is 12.5. The lowest BCUT2D eigenvalue weighted by molar-refractivity contribution is -0.0774. The fraction of sp³-hybridized carbons (Fsp3) is 0.633. The Bertz CT molecular complexity index is 1410. The summed E-state index contributed by atoms with van der Waals surface area (Å²) in [5.74, 6) is 1.52. The van der Waals surface area contributed by atoms with Gasteiger partial charge in [-0.25, -0.2) is 9.97 Å². The Kier molecular flexibility index (Phi) is 6.58. The van der Waals surface area contributed by atoms with Crippen molar-refractivity contribution in [2.75, 3.05) is 51.3 Å². The molecular weight excluding hydrogens is 492 g/mol. The second kappa shape index (κ2) is 10.1. The van der Waals surface area contributed by atoms with Crippen LogP contribution < -0.4 is 10.9 Å². The molecule has 0 unspecified atom stereocenters. The van der Waals surface area contributed by atoms with Crippen molar-refractivity contribution < 1.29 is 9.84 Å². The maximum Gasteiger partial charge on any atom is 0.260 e. The number of piperazine rings is 1. The Morgan fingerprint density at radius 3 is 2.49 bits per heavy atom. The van der Waals surface area contributed by atoms with Gasteiger partial charge in [-0.05, 0) is 63.0 Å². The van der Waals surface area contributed by atoms with Gasteiger partial charge in [0.25, 0.3) is 5.56 Å². The van der Waals surface area contributed by atoms with E-state index in [1.165, 1.54) is 18.4 Å². The molecule has 2 aliphatic carbocycles. The molecule has 0 radical (unpaired) electrons. The average Bonchev–Trinajstić information content (AvgIpc) is 3.73. The number of aliphatic hydroxyl groups is 1. The summed E-state index contributed by atoms with van der Waals surface area (Å²) < 4.78 is 7.30. The quantitative estimate of drug-likeness (QED) is 0.448. The van der Waals surface area contributed by atoms with Crippen molar-refractivity contribution in [3.05, 3.63) is 40.4 Å². The van der Waals surface area contributed by atoms with Gasteiger partial charge in [-0.3, -0.25) is 19.2 Å². The summed E-state index contributed by atoms with van der Waals surface area (Å²) in [5.41, 5.74) is 1.23. The molecule has 1 aromatic carbocycles. The number of ether oxygens (including phenoxy) is 1. The van der Waals surface area contributed by atoms with Crippen LogP contribution in [0.15, 0.2) is 29.3 Å². The molecular formula is C30H40N6O3. The van der Waals surface area contributed by atoms with Crippen LogP contribution in [0, 0.1) is 5.92 Å². The zero-order valence-electron chi connectivity index (χ0n) is 22.9. The summed E-state index contributed by atoms with van der Waals surface area (Å²) in [6.45, 7) is 9.57. The molecule has 2 aromatic heterocycles. The fourth-order valence-corrected chi connectivity index (χ4v) is 6.61. The zero-order valence-corrected chi connectivity index (χ0v) is 22.9. The molecule has 0 atom stereocenters. The van der Waals surface area contributed by atoms with Gasteiger partial charge in [0, 0.05) is 56.1 Å². The molecule has 0 spiro atoms. The first-order chi connectivity index (χ1) is 18.9. The predicted molar refractivity (Wildman–Crippen MR) is 152 cm³/mol. The van der Waals surface area contributed by atoms with E-state index in [0.717, 1.165) is 87.3 Å². The minimum Gasteiger partial charge on any atom is -0.390 e. The van der Waals surface area contributed by atoms with Crippen LogP contribution in [0.4, 0.5) is 5.82 Å². The molecule has 3 aromatic rings. The van der Waals surface area contributed by atoms with E-state index in [4.69, 9.17) is 4.74 Å². The lowest BCUT2D eigenvalue weighted by Crippen LogP contribution is -2.56. The molecule has 2 saturated carbocycles. The van der Waals surface area contributed by atoms with Crippen molar-refractivity contribution in [3.63, 3.8) is 0 Å². The largest absolute Gasteiger partial charge is 0.390 e. The number of anilines is 1. The van der Waals surface area contributed by atoms with Gasteiger partial charge in [0.2, 0.25) is 0 Å². The van der Waals surface area contributed by atoms with Crippen molar-refractivity contribution in [3.8, 4) is 0 Å². The van der Waals surface area contributed by atoms with E-state index in [2.05, 4.69) is 43.3 Å². The van der Waals surface area contributed by atoms with Gasteiger partial charge in [0.1, 0.15) is 17.8 Å². The molecule has 2 saturated heterocycles. The van der Waals surface area contributed by atoms with Crippen molar-refractivity contribution in [1.29, 1.82) is 0 Å². The molecule has 2 aliphatic heterocycles. The number of fused-ring (bicyclic) bond motifs is 3. The van der Waals surface area contributed by atoms with E-state index >= 15 is 0 Å². The van der Waals surface area contributed by atoms with Crippen LogP contribution in [-0.2, 0) is 11.3 Å². The molecule has 39 heavy (non-hydrogen) atoms. The zero-order chi connectivity index (χ0) is 26.6. The lowest BCUT2D eigenvalue weighted by atomic mass is 9.83. The van der Waals surface area contributed by atoms with Crippen molar-refractivity contribution >= 4 is 27.6 Å². The van der Waals surface area contributed by atoms with Gasteiger partial charge < -0.3 is 15.2 Å². The van der Waals surface area contributed by atoms with Crippen LogP contribution in [0.5, 0.6) is 0 Å². The molecule has 0 amide bonds. The van der Waals surface area contributed by atoms with Crippen LogP contribution in [-0.4, -0.2) is 87.0 Å². The molecule has 7 rings (SSSR count). The maximum atomic E-state index is 14.2. The number of hydrogen-bond donors (Lipinski definition) is 2. The highest BCUT2D eigenvalue weighted by atomic mass is 16.5. The molecule has 4 heterocycles. The lowest BCUT2D eigenvalue weighted by Gasteiger charge is -2.42. The number of nitrogens with zero attached hydrogens (tertiary/aromatic N) is 5. The highest BCUT2D eigenvalue weighted by molar-refractivity contribution is 6.09. The SMILES string of the molecule is CC1(O)CCC(n2c(=O)c3cc(CN4CCN(C5COC5)CC4)ccc3c3c(NCC4CC4)ncnc32)CC1. The van der Waals surface area contributed by atoms with Gasteiger partial charge in [0.15, 0.2) is 0 Å². The van der Waals surface area contributed by atoms with Gasteiger partial charge >= 0.3 is 0 Å². The minimum atomic E-state index is -0.665. The third-order valence-electron chi connectivity index (χ3n) is 9.46. The standard InChI is InChI=1S/C30H40N6O3/c1-30(38)8-6-22(7-9-30)36-28-26(27(32-19-33-28)31-15-20-2-3-20)24-5-4-21(14-25(24)29(36)37)16-34-10-12-35(13-11-34)23-17-39-18-23/h4-5,14,19-20,22-23,38H,2-3,6-13,15-18H2,1H3,(H,31,32,33). The van der Waals surface area contributed by atoms with Gasteiger partial charge in [-0.1, -0.05) is 12.1 Å². The summed E-state index contributed by atoms with van der Waals surface area (Å²) in [4.78, 5) is 28.5. The number of aromatic nitrogens is 3. The summed E-state index contributed by atoms with van der Waals surface area (Å²) in [5, 5.41) is 16.8. The maximum absolute atomic E-state index is 14.2. The Balaban J connectivity index is 1.25. The van der Waals surface area contributed by atoms with Crippen molar-refractivity contribution in [2.45, 2.75) is 69.7 Å². The first-order valence-electron chi connectivity index (χ1n) is 14.8. The van der Waals surface area contributed by atoms with Crippen LogP contribution in [0.2, 0.25) is 0 Å². The molecule has 0 bridgehead atoms. The number of rotatable bonds is 7. The van der Waals surface area contributed by atoms with E-state index in [1.807, 2.05) is 11.5 Å². The van der Waals surface area contributed by atoms with Gasteiger partial charge in [-0.15, -0.1) is 0 Å². The highest BCUT2D eigenvalue weighted by Crippen LogP contribution is 2.37. The Labute approximate surface area is 229 Å². The first-order valence-corrected chi connectivity index (χ1v) is 14.8. The monoisotopic (exact) mass is 532 g/mol. The van der Waals surface area contributed by atoms with Crippen LogP contribution in [0.25, 0.3) is 21.8 Å². The predicted octanol–water partition coefficient (Wildman–Crippen LogP) is 3.15. The molecule has 208 valence electrons. The molecule has 9 heteroatoms. The fourth-order valence-electron chi connectivity index (χ4n) is 6.61. The smallest absolute Gasteiger partial charge is 0.260 e. The average molecular weight is 533 g/mol. The third kappa shape index (κ3) is 5.06. The van der Waals surface area contributed by atoms with E-state index in [1.54, 1.807) is 6.33 Å². The molecule has 4 fully saturated rings. The Morgan fingerprint density at radius 1 is 1.03 bits per heavy atom. The summed E-state index contributed by atoms with van der Waals surface area (Å²) in [7, 11) is 0. The third-order valence-corrected chi connectivity index (χ3v) is 9.46. The Hall–Kier alpha value is -2.59. The first kappa shape index (κ1) is 25.4. The summed E-state index contributed by atoms with van der Waals surface area (Å²) >= 11 is 0. The number of hydrogen-bond acceptors (Lipinski definition) is 8. The van der Waals surface area contributed by atoms with Gasteiger partial charge in [0.05, 0.1) is 30.2 Å². The normalized spacial score (nSPS) is 27.2. The summed E-state index contributed by atoms with van der Waals surface area (Å²) in [6.07, 6.45) is 6.99. The van der Waals surface area contributed by atoms with E-state index < -0.39 is 5.60 Å². The second-order valence-corrected chi connectivity index (χ2v) is 12.5. The van der Waals surface area contributed by atoms with Gasteiger partial charge in [-0.2, -0.15) is 0 Å². The van der Waals surface area contributed by atoms with Crippen LogP contribution in [0.1, 0.15) is 57.1 Å². The summed E-state index contributed by atoms with van der Waals surface area (Å²) in [6, 6.07) is 7.00. The molecule has 2 N–H and O–H groups in total. The number of nitrogens with one attached hydrogen (secondary N) is 1. The van der Waals surface area contributed by atoms with Crippen LogP contribution in [0.3, 0.4) is 0 Å². The number of pyridine rings is 1. The van der Waals surface area contributed by atoms with Crippen molar-refractivity contribution in [2.24, 2.45) is 5.92 Å².